The predicted octanol–water partition coefficient (Wildman–Crippen LogP) is 9.49. The van der Waals surface area contributed by atoms with Gasteiger partial charge in [-0.25, -0.2) is 0 Å². The zero-order valence-corrected chi connectivity index (χ0v) is 26.3. The topological polar surface area (TPSA) is 41.9 Å². The number of nitrogens with zero attached hydrogens (tertiary/aromatic N) is 2. The first-order valence-electron chi connectivity index (χ1n) is 13.1. The molecular formula is C29H31Br3N2O2S. The first-order valence-corrected chi connectivity index (χ1v) is 16.3. The zero-order chi connectivity index (χ0) is 25.8. The van der Waals surface area contributed by atoms with Gasteiger partial charge in [0.25, 0.3) is 5.91 Å². The van der Waals surface area contributed by atoms with Crippen LogP contribution in [0, 0.1) is 0 Å². The standard InChI is InChI=1S/C29H31Br3N2O2S/c30-21-13-11-19(12-14-21)18-36-27-24(31)15-20(16-25(27)32)17-26-28(35)34(23-9-5-2-6-10-23)29(37-26)33-22-7-3-1-4-8-22/h11-17,22-23H,1-10,18H2. The van der Waals surface area contributed by atoms with Crippen LogP contribution in [-0.2, 0) is 11.4 Å². The predicted molar refractivity (Wildman–Crippen MR) is 164 cm³/mol. The Morgan fingerprint density at radius 2 is 1.54 bits per heavy atom. The fraction of sp³-hybridized carbons (Fsp3) is 0.448. The summed E-state index contributed by atoms with van der Waals surface area (Å²) in [6.07, 6.45) is 13.9. The van der Waals surface area contributed by atoms with Gasteiger partial charge in [0.1, 0.15) is 12.4 Å². The number of ether oxygens (including phenoxy) is 1. The molecule has 2 aromatic rings. The average Bonchev–Trinajstić information content (AvgIpc) is 3.19. The normalized spacial score (nSPS) is 21.8. The third-order valence-electron chi connectivity index (χ3n) is 7.26. The summed E-state index contributed by atoms with van der Waals surface area (Å²) in [5.41, 5.74) is 2.04. The number of amides is 1. The molecule has 0 radical (unpaired) electrons. The van der Waals surface area contributed by atoms with Crippen LogP contribution in [0.15, 0.2) is 59.7 Å². The first kappa shape index (κ1) is 27.5. The lowest BCUT2D eigenvalue weighted by molar-refractivity contribution is -0.124. The Morgan fingerprint density at radius 3 is 2.19 bits per heavy atom. The van der Waals surface area contributed by atoms with E-state index in [1.54, 1.807) is 11.8 Å². The van der Waals surface area contributed by atoms with Crippen LogP contribution in [0.25, 0.3) is 6.08 Å². The molecule has 3 aliphatic rings. The van der Waals surface area contributed by atoms with Crippen molar-refractivity contribution >= 4 is 76.7 Å². The zero-order valence-electron chi connectivity index (χ0n) is 20.7. The Kier molecular flexibility index (Phi) is 9.54. The molecule has 1 saturated heterocycles. The van der Waals surface area contributed by atoms with Crippen molar-refractivity contribution in [3.63, 3.8) is 0 Å². The van der Waals surface area contributed by atoms with E-state index >= 15 is 0 Å². The van der Waals surface area contributed by atoms with Gasteiger partial charge in [-0.15, -0.1) is 0 Å². The molecule has 1 aliphatic heterocycles. The van der Waals surface area contributed by atoms with Crippen molar-refractivity contribution in [1.82, 2.24) is 4.90 Å². The Labute approximate surface area is 249 Å². The van der Waals surface area contributed by atoms with Gasteiger partial charge in [-0.05, 0) is 111 Å². The number of benzene rings is 2. The van der Waals surface area contributed by atoms with Crippen molar-refractivity contribution in [3.05, 3.63) is 65.8 Å². The first-order chi connectivity index (χ1) is 18.0. The summed E-state index contributed by atoms with van der Waals surface area (Å²) in [7, 11) is 0. The number of carbonyl (C=O) groups is 1. The second kappa shape index (κ2) is 12.8. The van der Waals surface area contributed by atoms with Crippen LogP contribution in [0.5, 0.6) is 5.75 Å². The maximum Gasteiger partial charge on any atom is 0.266 e. The van der Waals surface area contributed by atoms with E-state index in [1.807, 2.05) is 47.4 Å². The molecule has 1 heterocycles. The highest BCUT2D eigenvalue weighted by atomic mass is 79.9. The van der Waals surface area contributed by atoms with E-state index in [-0.39, 0.29) is 11.9 Å². The third kappa shape index (κ3) is 6.92. The molecule has 0 unspecified atom stereocenters. The van der Waals surface area contributed by atoms with Gasteiger partial charge in [-0.3, -0.25) is 14.7 Å². The third-order valence-corrected chi connectivity index (χ3v) is 9.96. The molecule has 3 fully saturated rings. The quantitative estimate of drug-likeness (QED) is 0.281. The molecule has 0 spiro atoms. The number of aliphatic imine (C=N–C) groups is 1. The van der Waals surface area contributed by atoms with E-state index in [0.717, 1.165) is 66.1 Å². The minimum absolute atomic E-state index is 0.106. The van der Waals surface area contributed by atoms with Gasteiger partial charge in [0, 0.05) is 10.5 Å². The lowest BCUT2D eigenvalue weighted by Crippen LogP contribution is -2.41. The van der Waals surface area contributed by atoms with Gasteiger partial charge in [0.05, 0.1) is 19.9 Å². The van der Waals surface area contributed by atoms with E-state index < -0.39 is 0 Å². The Balaban J connectivity index is 1.37. The van der Waals surface area contributed by atoms with E-state index in [9.17, 15) is 4.79 Å². The highest BCUT2D eigenvalue weighted by molar-refractivity contribution is 9.11. The van der Waals surface area contributed by atoms with Crippen LogP contribution in [0.4, 0.5) is 0 Å². The van der Waals surface area contributed by atoms with Crippen LogP contribution in [-0.4, -0.2) is 28.1 Å². The van der Waals surface area contributed by atoms with Crippen molar-refractivity contribution in [2.45, 2.75) is 82.9 Å². The van der Waals surface area contributed by atoms with E-state index in [1.165, 1.54) is 38.5 Å². The van der Waals surface area contributed by atoms with Gasteiger partial charge < -0.3 is 4.74 Å². The summed E-state index contributed by atoms with van der Waals surface area (Å²) in [6.45, 7) is 0.469. The summed E-state index contributed by atoms with van der Waals surface area (Å²) in [4.78, 5) is 21.6. The number of amidine groups is 1. The van der Waals surface area contributed by atoms with Crippen molar-refractivity contribution < 1.29 is 9.53 Å². The van der Waals surface area contributed by atoms with Crippen molar-refractivity contribution in [3.8, 4) is 5.75 Å². The van der Waals surface area contributed by atoms with E-state index in [4.69, 9.17) is 9.73 Å². The monoisotopic (exact) mass is 708 g/mol. The van der Waals surface area contributed by atoms with Crippen molar-refractivity contribution in [2.75, 3.05) is 0 Å². The maximum absolute atomic E-state index is 13.7. The molecule has 2 aliphatic carbocycles. The van der Waals surface area contributed by atoms with Gasteiger partial charge >= 0.3 is 0 Å². The lowest BCUT2D eigenvalue weighted by Gasteiger charge is -2.31. The largest absolute Gasteiger partial charge is 0.487 e. The number of thioether (sulfide) groups is 1. The van der Waals surface area contributed by atoms with Crippen LogP contribution < -0.4 is 4.74 Å². The molecule has 0 atom stereocenters. The molecule has 0 bridgehead atoms. The summed E-state index contributed by atoms with van der Waals surface area (Å²) in [6, 6.07) is 12.8. The highest BCUT2D eigenvalue weighted by Gasteiger charge is 2.39. The van der Waals surface area contributed by atoms with E-state index in [0.29, 0.717) is 12.6 Å². The molecule has 8 heteroatoms. The smallest absolute Gasteiger partial charge is 0.266 e. The Hall–Kier alpha value is -1.09. The second-order valence-corrected chi connectivity index (χ2v) is 13.6. The molecular weight excluding hydrogens is 680 g/mol. The fourth-order valence-corrected chi connectivity index (χ4v) is 8.12. The molecule has 4 nitrogen and oxygen atoms in total. The number of halogens is 3. The van der Waals surface area contributed by atoms with Crippen molar-refractivity contribution in [2.24, 2.45) is 4.99 Å². The SMILES string of the molecule is O=C1C(=Cc2cc(Br)c(OCc3ccc(Br)cc3)c(Br)c2)SC(=NC2CCCCC2)N1C1CCCCC1. The van der Waals surface area contributed by atoms with Crippen LogP contribution in [0.2, 0.25) is 0 Å². The van der Waals surface area contributed by atoms with Crippen molar-refractivity contribution in [1.29, 1.82) is 0 Å². The molecule has 2 saturated carbocycles. The number of rotatable bonds is 6. The number of hydrogen-bond donors (Lipinski definition) is 0. The summed E-state index contributed by atoms with van der Waals surface area (Å²) < 4.78 is 8.85. The van der Waals surface area contributed by atoms with Crippen LogP contribution >= 0.6 is 59.6 Å². The highest BCUT2D eigenvalue weighted by Crippen LogP contribution is 2.40. The molecule has 5 rings (SSSR count). The summed E-state index contributed by atoms with van der Waals surface area (Å²) in [5.74, 6) is 0.855. The van der Waals surface area contributed by atoms with Crippen LogP contribution in [0.3, 0.4) is 0 Å². The number of hydrogen-bond acceptors (Lipinski definition) is 4. The minimum atomic E-state index is 0.106. The fourth-order valence-electron chi connectivity index (χ4n) is 5.29. The molecule has 1 amide bonds. The molecule has 37 heavy (non-hydrogen) atoms. The van der Waals surface area contributed by atoms with Gasteiger partial charge in [0.2, 0.25) is 0 Å². The van der Waals surface area contributed by atoms with Gasteiger partial charge in [-0.1, -0.05) is 66.6 Å². The molecule has 0 N–H and O–H groups in total. The maximum atomic E-state index is 13.7. The Bertz CT molecular complexity index is 1160. The average molecular weight is 711 g/mol. The summed E-state index contributed by atoms with van der Waals surface area (Å²) >= 11 is 12.4. The minimum Gasteiger partial charge on any atom is -0.487 e. The molecule has 0 aromatic heterocycles. The lowest BCUT2D eigenvalue weighted by atomic mass is 9.94. The van der Waals surface area contributed by atoms with E-state index in [2.05, 4.69) is 47.8 Å². The summed E-state index contributed by atoms with van der Waals surface area (Å²) in [5, 5.41) is 0.919. The second-order valence-electron chi connectivity index (χ2n) is 10.0. The number of carbonyl (C=O) groups excluding carboxylic acids is 1. The van der Waals surface area contributed by atoms with Gasteiger partial charge in [0.15, 0.2) is 5.17 Å². The Morgan fingerprint density at radius 1 is 0.919 bits per heavy atom. The van der Waals surface area contributed by atoms with Gasteiger partial charge in [-0.2, -0.15) is 0 Å². The molecule has 196 valence electrons. The van der Waals surface area contributed by atoms with Crippen LogP contribution in [0.1, 0.15) is 75.3 Å². The molecule has 2 aromatic carbocycles.